The van der Waals surface area contributed by atoms with Crippen molar-refractivity contribution in [2.75, 3.05) is 5.32 Å². The van der Waals surface area contributed by atoms with Crippen molar-refractivity contribution in [3.8, 4) is 5.75 Å². The number of nitrogens with one attached hydrogen (secondary N) is 1. The van der Waals surface area contributed by atoms with Gasteiger partial charge in [-0.05, 0) is 44.2 Å². The van der Waals surface area contributed by atoms with Crippen LogP contribution in [-0.2, 0) is 4.79 Å². The second-order valence-electron chi connectivity index (χ2n) is 5.48. The molecule has 0 aliphatic rings. The van der Waals surface area contributed by atoms with Crippen molar-refractivity contribution in [2.24, 2.45) is 0 Å². The smallest absolute Gasteiger partial charge is 0.265 e. The van der Waals surface area contributed by atoms with Crippen molar-refractivity contribution >= 4 is 22.7 Å². The van der Waals surface area contributed by atoms with E-state index in [1.807, 2.05) is 31.2 Å². The van der Waals surface area contributed by atoms with Gasteiger partial charge in [0.25, 0.3) is 5.91 Å². The third-order valence-electron chi connectivity index (χ3n) is 3.47. The summed E-state index contributed by atoms with van der Waals surface area (Å²) in [6.07, 6.45) is -0.604. The van der Waals surface area contributed by atoms with Crippen molar-refractivity contribution in [3.05, 3.63) is 53.9 Å². The number of carbonyl (C=O) groups is 1. The van der Waals surface area contributed by atoms with E-state index in [-0.39, 0.29) is 5.91 Å². The van der Waals surface area contributed by atoms with E-state index in [9.17, 15) is 4.79 Å². The predicted octanol–water partition coefficient (Wildman–Crippen LogP) is 3.85. The molecule has 0 saturated carbocycles. The number of aryl methyl sites for hydroxylation is 2. The summed E-state index contributed by atoms with van der Waals surface area (Å²) < 4.78 is 11.1. The first kappa shape index (κ1) is 15.1. The Balaban J connectivity index is 1.67. The zero-order valence-electron chi connectivity index (χ0n) is 13.3. The van der Waals surface area contributed by atoms with E-state index in [0.717, 1.165) is 5.56 Å². The van der Waals surface area contributed by atoms with Gasteiger partial charge in [-0.15, -0.1) is 0 Å². The van der Waals surface area contributed by atoms with Crippen LogP contribution >= 0.6 is 0 Å². The maximum Gasteiger partial charge on any atom is 0.265 e. The van der Waals surface area contributed by atoms with Crippen LogP contribution in [0.15, 0.2) is 46.9 Å². The molecule has 0 spiro atoms. The number of ether oxygens (including phenoxy) is 1. The van der Waals surface area contributed by atoms with Gasteiger partial charge >= 0.3 is 0 Å². The Morgan fingerprint density at radius 3 is 2.65 bits per heavy atom. The Morgan fingerprint density at radius 2 is 1.91 bits per heavy atom. The van der Waals surface area contributed by atoms with Crippen LogP contribution in [0.25, 0.3) is 11.1 Å². The summed E-state index contributed by atoms with van der Waals surface area (Å²) in [4.78, 5) is 16.5. The summed E-state index contributed by atoms with van der Waals surface area (Å²) in [5.74, 6) is 1.05. The first-order valence-corrected chi connectivity index (χ1v) is 7.42. The standard InChI is InChI=1S/C18H18N2O3/c1-11-4-7-15(8-5-11)22-12(2)18(21)20-14-6-9-17-16(10-14)19-13(3)23-17/h4-10,12H,1-3H3,(H,20,21)/t12-/m1/s1. The van der Waals surface area contributed by atoms with E-state index in [2.05, 4.69) is 10.3 Å². The van der Waals surface area contributed by atoms with Gasteiger partial charge in [0.05, 0.1) is 0 Å². The SMILES string of the molecule is Cc1ccc(O[C@H](C)C(=O)Nc2ccc3oc(C)nc3c2)cc1. The minimum Gasteiger partial charge on any atom is -0.481 e. The Morgan fingerprint density at radius 1 is 1.17 bits per heavy atom. The number of anilines is 1. The van der Waals surface area contributed by atoms with E-state index >= 15 is 0 Å². The molecule has 0 radical (unpaired) electrons. The number of hydrogen-bond donors (Lipinski definition) is 1. The summed E-state index contributed by atoms with van der Waals surface area (Å²) in [5, 5.41) is 2.83. The average molecular weight is 310 g/mol. The second-order valence-corrected chi connectivity index (χ2v) is 5.48. The molecule has 1 N–H and O–H groups in total. The fourth-order valence-electron chi connectivity index (χ4n) is 2.24. The van der Waals surface area contributed by atoms with Crippen molar-refractivity contribution < 1.29 is 13.9 Å². The molecule has 0 aliphatic heterocycles. The minimum absolute atomic E-state index is 0.217. The molecule has 1 heterocycles. The number of aromatic nitrogens is 1. The van der Waals surface area contributed by atoms with Gasteiger partial charge in [0.15, 0.2) is 17.6 Å². The van der Waals surface area contributed by atoms with Gasteiger partial charge in [0, 0.05) is 12.6 Å². The normalized spacial score (nSPS) is 12.1. The van der Waals surface area contributed by atoms with Crippen LogP contribution in [-0.4, -0.2) is 17.0 Å². The van der Waals surface area contributed by atoms with Crippen molar-refractivity contribution in [1.82, 2.24) is 4.98 Å². The molecule has 0 bridgehead atoms. The van der Waals surface area contributed by atoms with Crippen molar-refractivity contribution in [3.63, 3.8) is 0 Å². The van der Waals surface area contributed by atoms with Crippen LogP contribution in [0.5, 0.6) is 5.75 Å². The quantitative estimate of drug-likeness (QED) is 0.795. The molecule has 5 nitrogen and oxygen atoms in total. The van der Waals surface area contributed by atoms with Crippen LogP contribution in [0.4, 0.5) is 5.69 Å². The van der Waals surface area contributed by atoms with Gasteiger partial charge in [-0.25, -0.2) is 4.98 Å². The lowest BCUT2D eigenvalue weighted by molar-refractivity contribution is -0.122. The second kappa shape index (κ2) is 6.12. The molecule has 0 fully saturated rings. The third-order valence-corrected chi connectivity index (χ3v) is 3.47. The molecular weight excluding hydrogens is 292 g/mol. The molecule has 0 aliphatic carbocycles. The Bertz CT molecular complexity index is 837. The summed E-state index contributed by atoms with van der Waals surface area (Å²) in [7, 11) is 0. The molecule has 0 saturated heterocycles. The Hall–Kier alpha value is -2.82. The number of carbonyl (C=O) groups excluding carboxylic acids is 1. The summed E-state index contributed by atoms with van der Waals surface area (Å²) in [5.41, 5.74) is 3.22. The number of oxazole rings is 1. The van der Waals surface area contributed by atoms with Crippen LogP contribution < -0.4 is 10.1 Å². The van der Waals surface area contributed by atoms with Crippen LogP contribution in [0.2, 0.25) is 0 Å². The zero-order chi connectivity index (χ0) is 16.4. The number of amides is 1. The Labute approximate surface area is 134 Å². The highest BCUT2D eigenvalue weighted by atomic mass is 16.5. The molecule has 2 aromatic carbocycles. The van der Waals surface area contributed by atoms with E-state index in [4.69, 9.17) is 9.15 Å². The molecule has 5 heteroatoms. The van der Waals surface area contributed by atoms with E-state index in [0.29, 0.717) is 28.4 Å². The molecule has 0 unspecified atom stereocenters. The fraction of sp³-hybridized carbons (Fsp3) is 0.222. The van der Waals surface area contributed by atoms with Crippen LogP contribution in [0.1, 0.15) is 18.4 Å². The number of fused-ring (bicyclic) bond motifs is 1. The van der Waals surface area contributed by atoms with Gasteiger partial charge in [0.2, 0.25) is 0 Å². The number of hydrogen-bond acceptors (Lipinski definition) is 4. The van der Waals surface area contributed by atoms with E-state index in [1.165, 1.54) is 0 Å². The topological polar surface area (TPSA) is 64.4 Å². The molecule has 1 atom stereocenters. The first-order valence-electron chi connectivity index (χ1n) is 7.42. The van der Waals surface area contributed by atoms with Gasteiger partial charge < -0.3 is 14.5 Å². The maximum absolute atomic E-state index is 12.2. The van der Waals surface area contributed by atoms with Gasteiger partial charge in [-0.2, -0.15) is 0 Å². The maximum atomic E-state index is 12.2. The Kier molecular flexibility index (Phi) is 4.02. The lowest BCUT2D eigenvalue weighted by atomic mass is 10.2. The fourth-order valence-corrected chi connectivity index (χ4v) is 2.24. The lowest BCUT2D eigenvalue weighted by Crippen LogP contribution is -2.30. The van der Waals surface area contributed by atoms with Gasteiger partial charge in [-0.1, -0.05) is 17.7 Å². The number of nitrogens with zero attached hydrogens (tertiary/aromatic N) is 1. The van der Waals surface area contributed by atoms with Crippen LogP contribution in [0.3, 0.4) is 0 Å². The third kappa shape index (κ3) is 3.51. The molecule has 3 aromatic rings. The highest BCUT2D eigenvalue weighted by molar-refractivity contribution is 5.95. The van der Waals surface area contributed by atoms with Crippen molar-refractivity contribution in [2.45, 2.75) is 26.9 Å². The molecule has 3 rings (SSSR count). The monoisotopic (exact) mass is 310 g/mol. The predicted molar refractivity (Wildman–Crippen MR) is 88.6 cm³/mol. The number of benzene rings is 2. The number of rotatable bonds is 4. The minimum atomic E-state index is -0.604. The lowest BCUT2D eigenvalue weighted by Gasteiger charge is -2.14. The first-order chi connectivity index (χ1) is 11.0. The van der Waals surface area contributed by atoms with E-state index < -0.39 is 6.10 Å². The van der Waals surface area contributed by atoms with Crippen LogP contribution in [0, 0.1) is 13.8 Å². The van der Waals surface area contributed by atoms with Gasteiger partial charge in [0.1, 0.15) is 11.3 Å². The summed E-state index contributed by atoms with van der Waals surface area (Å²) in [6, 6.07) is 12.9. The van der Waals surface area contributed by atoms with E-state index in [1.54, 1.807) is 32.0 Å². The highest BCUT2D eigenvalue weighted by Gasteiger charge is 2.15. The average Bonchev–Trinajstić information content (AvgIpc) is 2.88. The largest absolute Gasteiger partial charge is 0.481 e. The molecule has 1 amide bonds. The van der Waals surface area contributed by atoms with Gasteiger partial charge in [-0.3, -0.25) is 4.79 Å². The van der Waals surface area contributed by atoms with Crippen molar-refractivity contribution in [1.29, 1.82) is 0 Å². The molecule has 1 aromatic heterocycles. The summed E-state index contributed by atoms with van der Waals surface area (Å²) >= 11 is 0. The molecular formula is C18H18N2O3. The zero-order valence-corrected chi connectivity index (χ0v) is 13.3. The summed E-state index contributed by atoms with van der Waals surface area (Å²) in [6.45, 7) is 5.51. The molecule has 118 valence electrons. The highest BCUT2D eigenvalue weighted by Crippen LogP contribution is 2.20. The molecule has 23 heavy (non-hydrogen) atoms.